The Bertz CT molecular complexity index is 858. The fraction of sp³-hybridized carbons (Fsp3) is 0.211. The Morgan fingerprint density at radius 1 is 1.04 bits per heavy atom. The predicted molar refractivity (Wildman–Crippen MR) is 106 cm³/mol. The van der Waals surface area contributed by atoms with Crippen molar-refractivity contribution in [1.82, 2.24) is 16.2 Å². The molecule has 9 heteroatoms. The third-order valence-electron chi connectivity index (χ3n) is 3.73. The molecule has 0 spiro atoms. The second kappa shape index (κ2) is 10.3. The van der Waals surface area contributed by atoms with Gasteiger partial charge >= 0.3 is 0 Å². The lowest BCUT2D eigenvalue weighted by atomic mass is 10.2. The largest absolute Gasteiger partial charge is 0.503 e. The lowest BCUT2D eigenvalue weighted by molar-refractivity contribution is -0.121. The van der Waals surface area contributed by atoms with E-state index in [2.05, 4.69) is 32.1 Å². The molecule has 0 aliphatic carbocycles. The van der Waals surface area contributed by atoms with Gasteiger partial charge in [-0.15, -0.1) is 0 Å². The molecule has 0 fully saturated rings. The van der Waals surface area contributed by atoms with Crippen molar-refractivity contribution in [2.45, 2.75) is 12.8 Å². The number of nitrogens with one attached hydrogen (secondary N) is 3. The molecule has 28 heavy (non-hydrogen) atoms. The highest BCUT2D eigenvalue weighted by atomic mass is 79.9. The molecule has 0 aromatic heterocycles. The van der Waals surface area contributed by atoms with Crippen LogP contribution < -0.4 is 20.9 Å². The predicted octanol–water partition coefficient (Wildman–Crippen LogP) is 2.13. The van der Waals surface area contributed by atoms with E-state index in [0.717, 1.165) is 0 Å². The van der Waals surface area contributed by atoms with E-state index in [9.17, 15) is 19.5 Å². The Balaban J connectivity index is 1.73. The molecule has 4 N–H and O–H groups in total. The van der Waals surface area contributed by atoms with Crippen LogP contribution in [0, 0.1) is 0 Å². The van der Waals surface area contributed by atoms with Crippen molar-refractivity contribution in [1.29, 1.82) is 0 Å². The summed E-state index contributed by atoms with van der Waals surface area (Å²) in [4.78, 5) is 35.8. The summed E-state index contributed by atoms with van der Waals surface area (Å²) in [6.45, 7) is 0.331. The standard InChI is InChI=1S/C19H20BrN3O5/c1-28-15-11-13(10-14(20)17(15)25)19(27)23-22-16(24)8-5-9-21-18(26)12-6-3-2-4-7-12/h2-4,6-7,10-11,25H,5,8-9H2,1H3,(H,21,26)(H,22,24)(H,23,27). The third-order valence-corrected chi connectivity index (χ3v) is 4.33. The maximum atomic E-state index is 12.1. The number of carbonyl (C=O) groups excluding carboxylic acids is 3. The van der Waals surface area contributed by atoms with Gasteiger partial charge in [0.2, 0.25) is 5.91 Å². The highest BCUT2D eigenvalue weighted by Crippen LogP contribution is 2.35. The van der Waals surface area contributed by atoms with Gasteiger partial charge in [0.25, 0.3) is 11.8 Å². The number of amides is 3. The third kappa shape index (κ3) is 5.98. The Labute approximate surface area is 170 Å². The number of rotatable bonds is 7. The van der Waals surface area contributed by atoms with Gasteiger partial charge in [-0.2, -0.15) is 0 Å². The van der Waals surface area contributed by atoms with Crippen LogP contribution in [-0.4, -0.2) is 36.5 Å². The zero-order chi connectivity index (χ0) is 20.5. The van der Waals surface area contributed by atoms with Crippen LogP contribution in [0.1, 0.15) is 33.6 Å². The van der Waals surface area contributed by atoms with Crippen LogP contribution in [0.2, 0.25) is 0 Å². The van der Waals surface area contributed by atoms with Gasteiger partial charge in [0.15, 0.2) is 11.5 Å². The summed E-state index contributed by atoms with van der Waals surface area (Å²) in [5.41, 5.74) is 5.33. The monoisotopic (exact) mass is 449 g/mol. The van der Waals surface area contributed by atoms with Crippen molar-refractivity contribution in [2.24, 2.45) is 0 Å². The van der Waals surface area contributed by atoms with Crippen LogP contribution in [-0.2, 0) is 4.79 Å². The number of hydrazine groups is 1. The Hall–Kier alpha value is -3.07. The Morgan fingerprint density at radius 3 is 2.43 bits per heavy atom. The maximum absolute atomic E-state index is 12.1. The average molecular weight is 450 g/mol. The summed E-state index contributed by atoms with van der Waals surface area (Å²) in [6, 6.07) is 11.5. The molecule has 8 nitrogen and oxygen atoms in total. The van der Waals surface area contributed by atoms with E-state index in [0.29, 0.717) is 18.5 Å². The van der Waals surface area contributed by atoms with E-state index >= 15 is 0 Å². The number of hydrogen-bond acceptors (Lipinski definition) is 5. The zero-order valence-electron chi connectivity index (χ0n) is 15.1. The van der Waals surface area contributed by atoms with Crippen LogP contribution in [0.3, 0.4) is 0 Å². The van der Waals surface area contributed by atoms with Crippen molar-refractivity contribution >= 4 is 33.7 Å². The summed E-state index contributed by atoms with van der Waals surface area (Å²) in [6.07, 6.45) is 0.538. The van der Waals surface area contributed by atoms with E-state index < -0.39 is 11.8 Å². The fourth-order valence-corrected chi connectivity index (χ4v) is 2.71. The number of aromatic hydroxyl groups is 1. The second-order valence-electron chi connectivity index (χ2n) is 5.74. The van der Waals surface area contributed by atoms with Crippen LogP contribution in [0.15, 0.2) is 46.9 Å². The minimum absolute atomic E-state index is 0.123. The molecule has 0 bridgehead atoms. The highest BCUT2D eigenvalue weighted by molar-refractivity contribution is 9.10. The summed E-state index contributed by atoms with van der Waals surface area (Å²) in [5, 5.41) is 12.5. The van der Waals surface area contributed by atoms with Gasteiger partial charge in [-0.3, -0.25) is 25.2 Å². The number of benzene rings is 2. The number of hydrogen-bond donors (Lipinski definition) is 4. The molecule has 2 aromatic rings. The number of halogens is 1. The number of ether oxygens (including phenoxy) is 1. The van der Waals surface area contributed by atoms with Gasteiger partial charge in [-0.05, 0) is 46.6 Å². The summed E-state index contributed by atoms with van der Waals surface area (Å²) >= 11 is 3.12. The first-order valence-corrected chi connectivity index (χ1v) is 9.20. The van der Waals surface area contributed by atoms with E-state index in [1.54, 1.807) is 24.3 Å². The molecular weight excluding hydrogens is 430 g/mol. The molecule has 0 atom stereocenters. The molecule has 0 aliphatic rings. The van der Waals surface area contributed by atoms with Crippen LogP contribution in [0.4, 0.5) is 0 Å². The number of carbonyl (C=O) groups is 3. The molecule has 0 unspecified atom stereocenters. The molecule has 3 amide bonds. The molecule has 2 aromatic carbocycles. The smallest absolute Gasteiger partial charge is 0.269 e. The fourth-order valence-electron chi connectivity index (χ4n) is 2.26. The van der Waals surface area contributed by atoms with Crippen molar-refractivity contribution in [3.8, 4) is 11.5 Å². The summed E-state index contributed by atoms with van der Waals surface area (Å²) < 4.78 is 5.27. The van der Waals surface area contributed by atoms with Crippen LogP contribution >= 0.6 is 15.9 Å². The van der Waals surface area contributed by atoms with E-state index in [1.807, 2.05) is 6.07 Å². The Kier molecular flexibility index (Phi) is 7.82. The lowest BCUT2D eigenvalue weighted by Gasteiger charge is -2.10. The molecule has 0 heterocycles. The van der Waals surface area contributed by atoms with Gasteiger partial charge in [-0.1, -0.05) is 18.2 Å². The van der Waals surface area contributed by atoms with Crippen molar-refractivity contribution < 1.29 is 24.2 Å². The first-order chi connectivity index (χ1) is 13.4. The number of phenolic OH excluding ortho intramolecular Hbond substituents is 1. The van der Waals surface area contributed by atoms with E-state index in [-0.39, 0.29) is 33.9 Å². The van der Waals surface area contributed by atoms with E-state index in [4.69, 9.17) is 4.74 Å². The van der Waals surface area contributed by atoms with Crippen LogP contribution in [0.5, 0.6) is 11.5 Å². The first-order valence-electron chi connectivity index (χ1n) is 8.41. The first kappa shape index (κ1) is 21.2. The van der Waals surface area contributed by atoms with Crippen LogP contribution in [0.25, 0.3) is 0 Å². The molecule has 0 aliphatic heterocycles. The molecule has 0 saturated heterocycles. The Morgan fingerprint density at radius 2 is 1.75 bits per heavy atom. The minimum Gasteiger partial charge on any atom is -0.503 e. The average Bonchev–Trinajstić information content (AvgIpc) is 2.71. The van der Waals surface area contributed by atoms with Gasteiger partial charge in [0, 0.05) is 24.1 Å². The molecule has 2 rings (SSSR count). The number of phenols is 1. The minimum atomic E-state index is -0.565. The summed E-state index contributed by atoms with van der Waals surface area (Å²) in [5.74, 6) is -1.17. The molecule has 148 valence electrons. The summed E-state index contributed by atoms with van der Waals surface area (Å²) in [7, 11) is 1.36. The maximum Gasteiger partial charge on any atom is 0.269 e. The molecule has 0 radical (unpaired) electrons. The molecular formula is C19H20BrN3O5. The van der Waals surface area contributed by atoms with Crippen molar-refractivity contribution in [3.05, 3.63) is 58.1 Å². The quantitative estimate of drug-likeness (QED) is 0.381. The van der Waals surface area contributed by atoms with Gasteiger partial charge in [-0.25, -0.2) is 0 Å². The van der Waals surface area contributed by atoms with E-state index in [1.165, 1.54) is 19.2 Å². The topological polar surface area (TPSA) is 117 Å². The number of methoxy groups -OCH3 is 1. The van der Waals surface area contributed by atoms with Gasteiger partial charge in [0.1, 0.15) is 0 Å². The van der Waals surface area contributed by atoms with Crippen molar-refractivity contribution in [3.63, 3.8) is 0 Å². The van der Waals surface area contributed by atoms with Gasteiger partial charge in [0.05, 0.1) is 11.6 Å². The normalized spacial score (nSPS) is 10.1. The SMILES string of the molecule is COc1cc(C(=O)NNC(=O)CCCNC(=O)c2ccccc2)cc(Br)c1O. The lowest BCUT2D eigenvalue weighted by Crippen LogP contribution is -2.41. The highest BCUT2D eigenvalue weighted by Gasteiger charge is 2.14. The van der Waals surface area contributed by atoms with Gasteiger partial charge < -0.3 is 15.2 Å². The second-order valence-corrected chi connectivity index (χ2v) is 6.59. The van der Waals surface area contributed by atoms with Crippen molar-refractivity contribution in [2.75, 3.05) is 13.7 Å². The molecule has 0 saturated carbocycles. The zero-order valence-corrected chi connectivity index (χ0v) is 16.7.